The number of H-pyrrole nitrogens is 1. The first-order valence-corrected chi connectivity index (χ1v) is 3.58. The maximum atomic E-state index is 4.08. The van der Waals surface area contributed by atoms with E-state index in [1.165, 1.54) is 11.5 Å². The fraction of sp³-hybridized carbons (Fsp3) is 0. The summed E-state index contributed by atoms with van der Waals surface area (Å²) in [6, 6.07) is 1.91. The minimum atomic E-state index is 0.793. The van der Waals surface area contributed by atoms with Gasteiger partial charge >= 0.3 is 0 Å². The van der Waals surface area contributed by atoms with E-state index >= 15 is 0 Å². The van der Waals surface area contributed by atoms with E-state index in [9.17, 15) is 0 Å². The van der Waals surface area contributed by atoms with Crippen molar-refractivity contribution in [1.29, 1.82) is 0 Å². The van der Waals surface area contributed by atoms with E-state index in [4.69, 9.17) is 0 Å². The maximum absolute atomic E-state index is 4.08. The highest BCUT2D eigenvalue weighted by Gasteiger charge is 2.00. The van der Waals surface area contributed by atoms with Crippen LogP contribution in [0.3, 0.4) is 0 Å². The normalized spacial score (nSPS) is 10.0. The Morgan fingerprint density at radius 3 is 3.00 bits per heavy atom. The molecule has 4 nitrogen and oxygen atoms in total. The van der Waals surface area contributed by atoms with Crippen LogP contribution in [0.15, 0.2) is 17.6 Å². The van der Waals surface area contributed by atoms with Gasteiger partial charge in [0.15, 0.2) is 0 Å². The lowest BCUT2D eigenvalue weighted by molar-refractivity contribution is 0.941. The van der Waals surface area contributed by atoms with Gasteiger partial charge in [0.1, 0.15) is 11.4 Å². The molecule has 0 aliphatic carbocycles. The summed E-state index contributed by atoms with van der Waals surface area (Å²) >= 11 is 1.41. The predicted octanol–water partition coefficient (Wildman–Crippen LogP) is 0.928. The predicted molar refractivity (Wildman–Crippen MR) is 37.5 cm³/mol. The van der Waals surface area contributed by atoms with Crippen molar-refractivity contribution < 1.29 is 0 Å². The number of nitrogens with zero attached hydrogens (tertiary/aromatic N) is 3. The number of aromatic amines is 1. The molecule has 0 unspecified atom stereocenters. The summed E-state index contributed by atoms with van der Waals surface area (Å²) in [5.74, 6) is 0. The Hall–Kier alpha value is -1.23. The molecule has 0 bridgehead atoms. The van der Waals surface area contributed by atoms with Gasteiger partial charge in [0.2, 0.25) is 0 Å². The zero-order valence-electron chi connectivity index (χ0n) is 4.98. The maximum Gasteiger partial charge on any atom is 0.132 e. The molecule has 0 saturated heterocycles. The lowest BCUT2D eigenvalue weighted by Crippen LogP contribution is -1.74. The summed E-state index contributed by atoms with van der Waals surface area (Å²) in [6.07, 6.45) is 1.72. The molecule has 0 radical (unpaired) electrons. The van der Waals surface area contributed by atoms with E-state index in [1.54, 1.807) is 6.20 Å². The highest BCUT2D eigenvalue weighted by atomic mass is 32.1. The van der Waals surface area contributed by atoms with Crippen molar-refractivity contribution in [2.45, 2.75) is 0 Å². The number of rotatable bonds is 1. The Labute approximate surface area is 61.1 Å². The second-order valence-corrected chi connectivity index (χ2v) is 2.41. The number of hydrogen-bond donors (Lipinski definition) is 1. The van der Waals surface area contributed by atoms with Crippen molar-refractivity contribution in [3.63, 3.8) is 0 Å². The highest BCUT2D eigenvalue weighted by molar-refractivity contribution is 7.03. The van der Waals surface area contributed by atoms with Gasteiger partial charge < -0.3 is 0 Å². The standard InChI is InChI=1S/C5H4N4S/c1-2-10-8-4(1)5-3-6-9-7-5/h1-3H,(H,6,7,9). The molecule has 0 aliphatic rings. The highest BCUT2D eigenvalue weighted by Crippen LogP contribution is 2.12. The van der Waals surface area contributed by atoms with E-state index in [-0.39, 0.29) is 0 Å². The van der Waals surface area contributed by atoms with Crippen LogP contribution in [0.2, 0.25) is 0 Å². The minimum absolute atomic E-state index is 0.793. The molecule has 2 aromatic heterocycles. The molecule has 5 heteroatoms. The quantitative estimate of drug-likeness (QED) is 0.661. The summed E-state index contributed by atoms with van der Waals surface area (Å²) in [6.45, 7) is 0. The van der Waals surface area contributed by atoms with Crippen LogP contribution in [0, 0.1) is 0 Å². The van der Waals surface area contributed by atoms with Crippen molar-refractivity contribution in [1.82, 2.24) is 19.8 Å². The topological polar surface area (TPSA) is 54.5 Å². The number of nitrogens with one attached hydrogen (secondary N) is 1. The van der Waals surface area contributed by atoms with Crippen LogP contribution in [-0.4, -0.2) is 19.8 Å². The van der Waals surface area contributed by atoms with Gasteiger partial charge in [-0.2, -0.15) is 4.37 Å². The van der Waals surface area contributed by atoms with Crippen LogP contribution in [0.4, 0.5) is 0 Å². The van der Waals surface area contributed by atoms with Gasteiger partial charge in [0, 0.05) is 5.38 Å². The molecule has 0 amide bonds. The van der Waals surface area contributed by atoms with Gasteiger partial charge in [-0.15, -0.1) is 5.10 Å². The van der Waals surface area contributed by atoms with E-state index in [2.05, 4.69) is 19.8 Å². The first-order chi connectivity index (χ1) is 4.97. The summed E-state index contributed by atoms with van der Waals surface area (Å²) < 4.78 is 4.08. The molecule has 0 atom stereocenters. The zero-order chi connectivity index (χ0) is 6.81. The molecular weight excluding hydrogens is 148 g/mol. The molecule has 0 aliphatic heterocycles. The second kappa shape index (κ2) is 2.18. The molecule has 0 saturated carbocycles. The minimum Gasteiger partial charge on any atom is -0.265 e. The Bertz CT molecular complexity index is 253. The van der Waals surface area contributed by atoms with Crippen LogP contribution < -0.4 is 0 Å². The van der Waals surface area contributed by atoms with Crippen molar-refractivity contribution in [3.8, 4) is 11.4 Å². The zero-order valence-corrected chi connectivity index (χ0v) is 5.80. The summed E-state index contributed by atoms with van der Waals surface area (Å²) in [5.41, 5.74) is 1.67. The van der Waals surface area contributed by atoms with Crippen LogP contribution in [-0.2, 0) is 0 Å². The average Bonchev–Trinajstić information content (AvgIpc) is 2.59. The van der Waals surface area contributed by atoms with Gasteiger partial charge in [-0.05, 0) is 17.6 Å². The van der Waals surface area contributed by atoms with E-state index < -0.39 is 0 Å². The van der Waals surface area contributed by atoms with Gasteiger partial charge in [0.25, 0.3) is 0 Å². The largest absolute Gasteiger partial charge is 0.265 e. The molecule has 10 heavy (non-hydrogen) atoms. The molecular formula is C5H4N4S. The van der Waals surface area contributed by atoms with Gasteiger partial charge in [-0.1, -0.05) is 5.21 Å². The summed E-state index contributed by atoms with van der Waals surface area (Å²) in [4.78, 5) is 0. The van der Waals surface area contributed by atoms with Crippen LogP contribution in [0.25, 0.3) is 11.4 Å². The van der Waals surface area contributed by atoms with E-state index in [0.717, 1.165) is 11.4 Å². The Morgan fingerprint density at radius 1 is 1.40 bits per heavy atom. The Kier molecular flexibility index (Phi) is 1.21. The molecule has 2 heterocycles. The van der Waals surface area contributed by atoms with Gasteiger partial charge in [0.05, 0.1) is 6.20 Å². The third-order valence-corrected chi connectivity index (χ3v) is 1.68. The van der Waals surface area contributed by atoms with Crippen molar-refractivity contribution in [2.75, 3.05) is 0 Å². The number of aromatic nitrogens is 4. The lowest BCUT2D eigenvalue weighted by atomic mass is 10.3. The fourth-order valence-electron chi connectivity index (χ4n) is 0.671. The smallest absolute Gasteiger partial charge is 0.132 e. The van der Waals surface area contributed by atoms with Gasteiger partial charge in [-0.25, -0.2) is 0 Å². The molecule has 1 N–H and O–H groups in total. The van der Waals surface area contributed by atoms with Crippen LogP contribution in [0.1, 0.15) is 0 Å². The second-order valence-electron chi connectivity index (χ2n) is 1.74. The molecule has 0 spiro atoms. The molecule has 2 rings (SSSR count). The third kappa shape index (κ3) is 0.801. The number of hydrogen-bond acceptors (Lipinski definition) is 4. The van der Waals surface area contributed by atoms with Crippen molar-refractivity contribution in [2.24, 2.45) is 0 Å². The lowest BCUT2D eigenvalue weighted by Gasteiger charge is -1.80. The van der Waals surface area contributed by atoms with Crippen LogP contribution in [0.5, 0.6) is 0 Å². The molecule has 2 aromatic rings. The monoisotopic (exact) mass is 152 g/mol. The third-order valence-electron chi connectivity index (χ3n) is 1.12. The average molecular weight is 152 g/mol. The van der Waals surface area contributed by atoms with E-state index in [0.29, 0.717) is 0 Å². The Balaban J connectivity index is 2.48. The van der Waals surface area contributed by atoms with Crippen molar-refractivity contribution in [3.05, 3.63) is 17.6 Å². The van der Waals surface area contributed by atoms with E-state index in [1.807, 2.05) is 11.4 Å². The van der Waals surface area contributed by atoms with Crippen molar-refractivity contribution >= 4 is 11.5 Å². The molecule has 0 fully saturated rings. The molecule has 50 valence electrons. The first-order valence-electron chi connectivity index (χ1n) is 2.74. The SMILES string of the molecule is c1cc(-c2c[nH]nn2)ns1. The van der Waals surface area contributed by atoms with Gasteiger partial charge in [-0.3, -0.25) is 5.10 Å². The summed E-state index contributed by atoms with van der Waals surface area (Å²) in [7, 11) is 0. The Morgan fingerprint density at radius 2 is 2.40 bits per heavy atom. The first kappa shape index (κ1) is 5.55. The van der Waals surface area contributed by atoms with Crippen LogP contribution >= 0.6 is 11.5 Å². The molecule has 0 aromatic carbocycles. The fourth-order valence-corrected chi connectivity index (χ4v) is 1.19. The summed E-state index contributed by atoms with van der Waals surface area (Å²) in [5, 5.41) is 11.9.